The molecule has 2 aromatic rings. The number of allylic oxidation sites excluding steroid dienone is 3. The van der Waals surface area contributed by atoms with Crippen molar-refractivity contribution in [1.29, 1.82) is 0 Å². The Labute approximate surface area is 238 Å². The quantitative estimate of drug-likeness (QED) is 0.381. The molecule has 1 aliphatic carbocycles. The van der Waals surface area contributed by atoms with Crippen LogP contribution in [0.15, 0.2) is 88.9 Å². The Kier molecular flexibility index (Phi) is 9.03. The first-order valence-corrected chi connectivity index (χ1v) is 16.6. The van der Waals surface area contributed by atoms with Crippen LogP contribution in [-0.2, 0) is 19.7 Å². The van der Waals surface area contributed by atoms with E-state index in [1.807, 2.05) is 37.3 Å². The molecule has 1 N–H and O–H groups in total. The van der Waals surface area contributed by atoms with Crippen molar-refractivity contribution in [2.24, 2.45) is 10.9 Å². The van der Waals surface area contributed by atoms with E-state index in [1.54, 1.807) is 52.8 Å². The maximum atomic E-state index is 12.6. The molecule has 0 amide bonds. The zero-order chi connectivity index (χ0) is 30.1. The second-order valence-corrected chi connectivity index (χ2v) is 15.9. The van der Waals surface area contributed by atoms with Gasteiger partial charge in [-0.05, 0) is 74.7 Å². The van der Waals surface area contributed by atoms with E-state index in [4.69, 9.17) is 4.74 Å². The largest absolute Gasteiger partial charge is 0.483 e. The maximum absolute atomic E-state index is 12.6. The smallest absolute Gasteiger partial charge is 0.178 e. The lowest BCUT2D eigenvalue weighted by molar-refractivity contribution is -0.0354. The standard InChI is InChI=1S/C31H39NO6S2/c1-9-32-28-21(3)18-24(31(6,7)39(8,34)35)20-27(28)23-12-11-13-25(19-23)38-29(30(4,5)33)22-14-16-26(17-15-22)40(36,37)10-2/h9,11-21,29,33H,1,10H2,2-8H3/b32-28+. The van der Waals surface area contributed by atoms with Gasteiger partial charge >= 0.3 is 0 Å². The summed E-state index contributed by atoms with van der Waals surface area (Å²) in [6, 6.07) is 13.7. The molecule has 0 saturated heterocycles. The SMILES string of the molecule is C=C/N=C1/C(c2cccc(OC(c3ccc(S(=O)(=O)CC)cc3)C(C)(C)O)c2)=CC(C(C)(C)S(C)(=O)=O)=CC1C. The van der Waals surface area contributed by atoms with Crippen LogP contribution in [0.1, 0.15) is 58.8 Å². The summed E-state index contributed by atoms with van der Waals surface area (Å²) in [5.74, 6) is 0.301. The van der Waals surface area contributed by atoms with Crippen molar-refractivity contribution in [2.45, 2.75) is 62.9 Å². The van der Waals surface area contributed by atoms with Crippen LogP contribution in [0.3, 0.4) is 0 Å². The zero-order valence-electron chi connectivity index (χ0n) is 24.2. The molecule has 1 aliphatic rings. The van der Waals surface area contributed by atoms with E-state index < -0.39 is 36.1 Å². The molecular formula is C31H39NO6S2. The van der Waals surface area contributed by atoms with Crippen LogP contribution in [0, 0.1) is 5.92 Å². The minimum atomic E-state index is -3.41. The van der Waals surface area contributed by atoms with Gasteiger partial charge in [0.15, 0.2) is 25.8 Å². The van der Waals surface area contributed by atoms with Crippen LogP contribution in [0.2, 0.25) is 0 Å². The number of rotatable bonds is 10. The highest BCUT2D eigenvalue weighted by atomic mass is 32.2. The van der Waals surface area contributed by atoms with Gasteiger partial charge in [0.1, 0.15) is 11.4 Å². The molecule has 0 fully saturated rings. The van der Waals surface area contributed by atoms with Gasteiger partial charge in [-0.2, -0.15) is 0 Å². The predicted molar refractivity (Wildman–Crippen MR) is 162 cm³/mol. The van der Waals surface area contributed by atoms with Gasteiger partial charge < -0.3 is 9.84 Å². The van der Waals surface area contributed by atoms with Crippen LogP contribution in [-0.4, -0.2) is 50.0 Å². The number of aliphatic hydroxyl groups is 1. The number of sulfone groups is 2. The van der Waals surface area contributed by atoms with Crippen LogP contribution in [0.5, 0.6) is 5.75 Å². The van der Waals surface area contributed by atoms with Gasteiger partial charge in [0.05, 0.1) is 21.1 Å². The third-order valence-electron chi connectivity index (χ3n) is 7.25. The lowest BCUT2D eigenvalue weighted by atomic mass is 9.82. The van der Waals surface area contributed by atoms with Crippen molar-refractivity contribution < 1.29 is 26.7 Å². The summed E-state index contributed by atoms with van der Waals surface area (Å²) in [7, 11) is -6.77. The first-order chi connectivity index (χ1) is 18.4. The second-order valence-electron chi connectivity index (χ2n) is 11.1. The average molecular weight is 586 g/mol. The summed E-state index contributed by atoms with van der Waals surface area (Å²) in [4.78, 5) is 4.71. The molecule has 216 valence electrons. The lowest BCUT2D eigenvalue weighted by Crippen LogP contribution is -2.34. The minimum absolute atomic E-state index is 0.00551. The molecule has 2 aromatic carbocycles. The molecule has 0 radical (unpaired) electrons. The molecule has 40 heavy (non-hydrogen) atoms. The van der Waals surface area contributed by atoms with Gasteiger partial charge in [-0.25, -0.2) is 16.8 Å². The van der Waals surface area contributed by atoms with E-state index >= 15 is 0 Å². The molecule has 0 heterocycles. The van der Waals surface area contributed by atoms with Crippen molar-refractivity contribution in [3.63, 3.8) is 0 Å². The molecular weight excluding hydrogens is 546 g/mol. The van der Waals surface area contributed by atoms with E-state index in [1.165, 1.54) is 24.6 Å². The molecule has 7 nitrogen and oxygen atoms in total. The predicted octanol–water partition coefficient (Wildman–Crippen LogP) is 5.74. The number of aliphatic imine (C=N–C) groups is 1. The van der Waals surface area contributed by atoms with E-state index in [0.29, 0.717) is 16.9 Å². The van der Waals surface area contributed by atoms with Crippen LogP contribution < -0.4 is 4.74 Å². The Balaban J connectivity index is 2.07. The maximum Gasteiger partial charge on any atom is 0.178 e. The summed E-state index contributed by atoms with van der Waals surface area (Å²) in [5.41, 5.74) is 2.24. The summed E-state index contributed by atoms with van der Waals surface area (Å²) in [6.07, 6.45) is 5.66. The van der Waals surface area contributed by atoms with Crippen molar-refractivity contribution in [2.75, 3.05) is 12.0 Å². The van der Waals surface area contributed by atoms with E-state index in [0.717, 1.165) is 16.8 Å². The molecule has 2 atom stereocenters. The van der Waals surface area contributed by atoms with E-state index in [9.17, 15) is 21.9 Å². The summed E-state index contributed by atoms with van der Waals surface area (Å²) >= 11 is 0. The van der Waals surface area contributed by atoms with Gasteiger partial charge in [-0.3, -0.25) is 4.99 Å². The Bertz CT molecular complexity index is 1570. The molecule has 0 aliphatic heterocycles. The number of ether oxygens (including phenoxy) is 1. The fourth-order valence-electron chi connectivity index (χ4n) is 4.49. The number of nitrogens with zero attached hydrogens (tertiary/aromatic N) is 1. The summed E-state index contributed by atoms with van der Waals surface area (Å²) in [6.45, 7) is 13.9. The van der Waals surface area contributed by atoms with E-state index in [2.05, 4.69) is 11.6 Å². The number of hydrogen-bond donors (Lipinski definition) is 1. The van der Waals surface area contributed by atoms with E-state index in [-0.39, 0.29) is 16.6 Å². The summed E-state index contributed by atoms with van der Waals surface area (Å²) in [5, 5.41) is 11.0. The van der Waals surface area contributed by atoms with Crippen molar-refractivity contribution in [3.05, 3.63) is 90.2 Å². The first kappa shape index (κ1) is 31.5. The normalized spacial score (nSPS) is 18.6. The summed E-state index contributed by atoms with van der Waals surface area (Å²) < 4.78 is 54.9. The van der Waals surface area contributed by atoms with Crippen molar-refractivity contribution >= 4 is 31.0 Å². The highest BCUT2D eigenvalue weighted by Gasteiger charge is 2.37. The second kappa shape index (κ2) is 11.5. The fourth-order valence-corrected chi connectivity index (χ4v) is 5.93. The fraction of sp³-hybridized carbons (Fsp3) is 0.387. The monoisotopic (exact) mass is 585 g/mol. The van der Waals surface area contributed by atoms with Gasteiger partial charge in [0.25, 0.3) is 0 Å². The lowest BCUT2D eigenvalue weighted by Gasteiger charge is -2.31. The molecule has 3 rings (SSSR count). The van der Waals surface area contributed by atoms with Crippen molar-refractivity contribution in [3.8, 4) is 5.75 Å². The van der Waals surface area contributed by atoms with Gasteiger partial charge in [0, 0.05) is 23.9 Å². The third-order valence-corrected chi connectivity index (χ3v) is 11.1. The topological polar surface area (TPSA) is 110 Å². The van der Waals surface area contributed by atoms with Crippen LogP contribution in [0.25, 0.3) is 5.57 Å². The van der Waals surface area contributed by atoms with Crippen LogP contribution >= 0.6 is 0 Å². The molecule has 0 aromatic heterocycles. The van der Waals surface area contributed by atoms with Gasteiger partial charge in [0.2, 0.25) is 0 Å². The Morgan fingerprint density at radius 3 is 2.23 bits per heavy atom. The zero-order valence-corrected chi connectivity index (χ0v) is 25.8. The Hall–Kier alpha value is -3.01. The third kappa shape index (κ3) is 6.65. The molecule has 0 spiro atoms. The highest BCUT2D eigenvalue weighted by molar-refractivity contribution is 7.92. The van der Waals surface area contributed by atoms with Crippen molar-refractivity contribution in [1.82, 2.24) is 0 Å². The first-order valence-electron chi connectivity index (χ1n) is 13.1. The number of hydrogen-bond acceptors (Lipinski definition) is 7. The average Bonchev–Trinajstić information content (AvgIpc) is 2.87. The number of benzene rings is 2. The Morgan fingerprint density at radius 2 is 1.70 bits per heavy atom. The highest BCUT2D eigenvalue weighted by Crippen LogP contribution is 2.38. The van der Waals surface area contributed by atoms with Gasteiger partial charge in [-0.15, -0.1) is 0 Å². The van der Waals surface area contributed by atoms with Gasteiger partial charge in [-0.1, -0.05) is 50.8 Å². The van der Waals surface area contributed by atoms with Crippen LogP contribution in [0.4, 0.5) is 0 Å². The minimum Gasteiger partial charge on any atom is -0.483 e. The molecule has 2 unspecified atom stereocenters. The molecule has 0 saturated carbocycles. The molecule has 0 bridgehead atoms. The molecule has 9 heteroatoms. The Morgan fingerprint density at radius 1 is 1.07 bits per heavy atom.